The minimum absolute atomic E-state index is 0.328. The van der Waals surface area contributed by atoms with Crippen molar-refractivity contribution in [2.75, 3.05) is 0 Å². The molecule has 0 fully saturated rings. The third-order valence-corrected chi connectivity index (χ3v) is 7.77. The number of hydrogen-bond acceptors (Lipinski definition) is 5. The maximum Gasteiger partial charge on any atom is 0.158 e. The normalized spacial score (nSPS) is 13.1. The lowest BCUT2D eigenvalue weighted by molar-refractivity contribution is 0.117. The Morgan fingerprint density at radius 2 is 1.74 bits per heavy atom. The van der Waals surface area contributed by atoms with E-state index in [2.05, 4.69) is 20.1 Å². The average Bonchev–Trinajstić information content (AvgIpc) is 3.64. The second-order valence-electron chi connectivity index (χ2n) is 9.19. The van der Waals surface area contributed by atoms with Crippen LogP contribution in [0.4, 0.5) is 0 Å². The van der Waals surface area contributed by atoms with Crippen LogP contribution in [0.1, 0.15) is 27.9 Å². The van der Waals surface area contributed by atoms with Gasteiger partial charge in [0.2, 0.25) is 0 Å². The van der Waals surface area contributed by atoms with Crippen LogP contribution in [0.3, 0.4) is 0 Å². The molecule has 0 bridgehead atoms. The molecule has 2 aromatic carbocycles. The number of benzene rings is 2. The third kappa shape index (κ3) is 4.57. The molecule has 7 nitrogen and oxygen atoms in total. The molecule has 0 radical (unpaired) electrons. The first-order valence-electron chi connectivity index (χ1n) is 12.0. The van der Waals surface area contributed by atoms with E-state index in [9.17, 15) is 5.11 Å². The van der Waals surface area contributed by atoms with Gasteiger partial charge in [0.25, 0.3) is 0 Å². The summed E-state index contributed by atoms with van der Waals surface area (Å²) in [4.78, 5) is 13.0. The summed E-state index contributed by atoms with van der Waals surface area (Å²) >= 11 is 19.7. The van der Waals surface area contributed by atoms with Crippen molar-refractivity contribution in [3.05, 3.63) is 135 Å². The zero-order valence-electron chi connectivity index (χ0n) is 20.6. The predicted octanol–water partition coefficient (Wildman–Crippen LogP) is 6.38. The lowest BCUT2D eigenvalue weighted by atomic mass is 9.83. The van der Waals surface area contributed by atoms with Crippen molar-refractivity contribution in [2.45, 2.75) is 12.0 Å². The first-order valence-corrected chi connectivity index (χ1v) is 13.2. The van der Waals surface area contributed by atoms with Crippen molar-refractivity contribution in [1.29, 1.82) is 0 Å². The van der Waals surface area contributed by atoms with Crippen LogP contribution in [-0.4, -0.2) is 34.4 Å². The second kappa shape index (κ2) is 10.1. The number of imidazole rings is 1. The minimum Gasteiger partial charge on any atom is -0.374 e. The number of hydrogen-bond donors (Lipinski definition) is 1. The summed E-state index contributed by atoms with van der Waals surface area (Å²) < 4.78 is 3.56. The second-order valence-corrected chi connectivity index (χ2v) is 10.3. The molecular weight excluding hydrogens is 555 g/mol. The number of pyridine rings is 2. The van der Waals surface area contributed by atoms with Gasteiger partial charge in [-0.15, -0.1) is 0 Å². The molecule has 39 heavy (non-hydrogen) atoms. The Morgan fingerprint density at radius 1 is 0.949 bits per heavy atom. The van der Waals surface area contributed by atoms with Crippen molar-refractivity contribution < 1.29 is 5.11 Å². The molecule has 4 heterocycles. The summed E-state index contributed by atoms with van der Waals surface area (Å²) in [5, 5.41) is 18.3. The Morgan fingerprint density at radius 3 is 2.41 bits per heavy atom. The molecule has 0 saturated carbocycles. The number of halogens is 3. The van der Waals surface area contributed by atoms with Gasteiger partial charge in [0.1, 0.15) is 10.3 Å². The number of aromatic nitrogens is 6. The molecule has 0 aliphatic rings. The van der Waals surface area contributed by atoms with Gasteiger partial charge in [-0.25, -0.2) is 19.6 Å². The van der Waals surface area contributed by atoms with E-state index in [1.54, 1.807) is 58.4 Å². The van der Waals surface area contributed by atoms with Gasteiger partial charge >= 0.3 is 0 Å². The van der Waals surface area contributed by atoms with Gasteiger partial charge in [0.15, 0.2) is 5.60 Å². The van der Waals surface area contributed by atoms with Crippen molar-refractivity contribution in [3.63, 3.8) is 0 Å². The van der Waals surface area contributed by atoms with Gasteiger partial charge in [0.05, 0.1) is 34.4 Å². The Labute approximate surface area is 239 Å². The van der Waals surface area contributed by atoms with E-state index in [-0.39, 0.29) is 0 Å². The average molecular weight is 576 g/mol. The van der Waals surface area contributed by atoms with Gasteiger partial charge in [-0.3, -0.25) is 0 Å². The lowest BCUT2D eigenvalue weighted by Gasteiger charge is -2.29. The molecule has 6 rings (SSSR count). The topological polar surface area (TPSA) is 81.6 Å². The predicted molar refractivity (Wildman–Crippen MR) is 153 cm³/mol. The monoisotopic (exact) mass is 574 g/mol. The quantitative estimate of drug-likeness (QED) is 0.233. The number of nitrogens with zero attached hydrogens (tertiary/aromatic N) is 6. The highest BCUT2D eigenvalue weighted by molar-refractivity contribution is 6.39. The zero-order valence-corrected chi connectivity index (χ0v) is 22.9. The maximum atomic E-state index is 12.3. The molecule has 0 aliphatic heterocycles. The Hall–Kier alpha value is -3.75. The van der Waals surface area contributed by atoms with Crippen LogP contribution in [-0.2, 0) is 19.1 Å². The fourth-order valence-electron chi connectivity index (χ4n) is 4.76. The van der Waals surface area contributed by atoms with Crippen LogP contribution in [0.15, 0.2) is 91.8 Å². The fourth-order valence-corrected chi connectivity index (χ4v) is 5.48. The van der Waals surface area contributed by atoms with E-state index < -0.39 is 5.60 Å². The number of rotatable bonds is 6. The van der Waals surface area contributed by atoms with E-state index in [0.717, 1.165) is 11.3 Å². The summed E-state index contributed by atoms with van der Waals surface area (Å²) in [6.45, 7) is 0. The first-order chi connectivity index (χ1) is 18.8. The minimum atomic E-state index is -1.58. The lowest BCUT2D eigenvalue weighted by Crippen LogP contribution is -2.31. The Balaban J connectivity index is 1.44. The van der Waals surface area contributed by atoms with Gasteiger partial charge in [-0.2, -0.15) is 5.10 Å². The van der Waals surface area contributed by atoms with Crippen LogP contribution in [0.25, 0.3) is 16.6 Å². The zero-order chi connectivity index (χ0) is 27.1. The van der Waals surface area contributed by atoms with E-state index in [0.29, 0.717) is 55.0 Å². The van der Waals surface area contributed by atoms with E-state index in [1.807, 2.05) is 49.6 Å². The summed E-state index contributed by atoms with van der Waals surface area (Å²) in [6, 6.07) is 18.7. The molecule has 1 N–H and O–H groups in total. The van der Waals surface area contributed by atoms with Crippen molar-refractivity contribution in [2.24, 2.45) is 7.05 Å². The highest BCUT2D eigenvalue weighted by Crippen LogP contribution is 2.40. The smallest absolute Gasteiger partial charge is 0.158 e. The van der Waals surface area contributed by atoms with E-state index >= 15 is 0 Å². The SMILES string of the molecule is Cn1cncc1C(O)(c1ccc(Cl)nc1)c1ccc2nc(Cl)c(Cc3ccc(-n4cccn4)cc3)c(Cl)c2c1. The summed E-state index contributed by atoms with van der Waals surface area (Å²) in [7, 11) is 1.82. The summed E-state index contributed by atoms with van der Waals surface area (Å²) in [5.74, 6) is 0. The number of fused-ring (bicyclic) bond motifs is 1. The number of aliphatic hydroxyl groups is 1. The molecule has 1 atom stereocenters. The Kier molecular flexibility index (Phi) is 6.61. The summed E-state index contributed by atoms with van der Waals surface area (Å²) in [5.41, 5.74) is 3.37. The Bertz CT molecular complexity index is 1780. The molecule has 6 aromatic rings. The van der Waals surface area contributed by atoms with Crippen LogP contribution in [0.2, 0.25) is 15.3 Å². The van der Waals surface area contributed by atoms with Crippen molar-refractivity contribution >= 4 is 45.7 Å². The fraction of sp³-hybridized carbons (Fsp3) is 0.103. The van der Waals surface area contributed by atoms with Gasteiger partial charge < -0.3 is 9.67 Å². The van der Waals surface area contributed by atoms with Crippen molar-refractivity contribution in [3.8, 4) is 5.69 Å². The highest BCUT2D eigenvalue weighted by Gasteiger charge is 2.37. The molecule has 4 aromatic heterocycles. The van der Waals surface area contributed by atoms with Crippen LogP contribution in [0, 0.1) is 0 Å². The van der Waals surface area contributed by atoms with Crippen molar-refractivity contribution in [1.82, 2.24) is 29.3 Å². The van der Waals surface area contributed by atoms with Gasteiger partial charge in [-0.1, -0.05) is 59.1 Å². The molecular formula is C29H21Cl3N6O. The molecule has 0 amide bonds. The van der Waals surface area contributed by atoms with Crippen LogP contribution in [0.5, 0.6) is 0 Å². The van der Waals surface area contributed by atoms with E-state index in [4.69, 9.17) is 34.8 Å². The molecule has 0 aliphatic carbocycles. The molecule has 0 spiro atoms. The third-order valence-electron chi connectivity index (χ3n) is 6.80. The first kappa shape index (κ1) is 25.5. The van der Waals surface area contributed by atoms with Crippen LogP contribution < -0.4 is 0 Å². The highest BCUT2D eigenvalue weighted by atomic mass is 35.5. The van der Waals surface area contributed by atoms with Crippen LogP contribution >= 0.6 is 34.8 Å². The number of aryl methyl sites for hydroxylation is 1. The maximum absolute atomic E-state index is 12.3. The standard InChI is InChI=1S/C29H21Cl3N6O/c1-37-17-33-16-25(37)29(39,20-6-10-26(30)34-15-20)19-5-9-24-22(14-19)27(31)23(28(32)36-24)13-18-3-7-21(8-4-18)38-12-2-11-35-38/h2-12,14-17,39H,13H2,1H3. The molecule has 194 valence electrons. The molecule has 0 saturated heterocycles. The molecule has 10 heteroatoms. The molecule has 1 unspecified atom stereocenters. The van der Waals surface area contributed by atoms with Gasteiger partial charge in [0, 0.05) is 48.6 Å². The van der Waals surface area contributed by atoms with E-state index in [1.165, 1.54) is 0 Å². The van der Waals surface area contributed by atoms with Gasteiger partial charge in [-0.05, 0) is 47.5 Å². The summed E-state index contributed by atoms with van der Waals surface area (Å²) in [6.07, 6.45) is 8.92. The largest absolute Gasteiger partial charge is 0.374 e.